The van der Waals surface area contributed by atoms with Crippen molar-refractivity contribution in [3.63, 3.8) is 0 Å². The van der Waals surface area contributed by atoms with E-state index in [9.17, 15) is 9.59 Å². The molecule has 0 bridgehead atoms. The molecule has 0 spiro atoms. The third-order valence-electron chi connectivity index (χ3n) is 9.10. The normalized spacial score (nSPS) is 12.8. The van der Waals surface area contributed by atoms with Crippen LogP contribution in [0.1, 0.15) is 110 Å². The summed E-state index contributed by atoms with van der Waals surface area (Å²) in [5.74, 6) is 0.299. The zero-order chi connectivity index (χ0) is 40.2. The Bertz CT molecular complexity index is 1550. The minimum Gasteiger partial charge on any atom is -0.445 e. The fraction of sp³-hybridized carbons (Fsp3) is 0.500. The van der Waals surface area contributed by atoms with Gasteiger partial charge in [-0.15, -0.1) is 0 Å². The van der Waals surface area contributed by atoms with Crippen LogP contribution in [-0.2, 0) is 33.8 Å². The second kappa shape index (κ2) is 23.1. The monoisotopic (exact) mass is 762 g/mol. The Hall–Kier alpha value is -3.96. The van der Waals surface area contributed by atoms with Crippen molar-refractivity contribution in [1.82, 2.24) is 10.6 Å². The van der Waals surface area contributed by atoms with Crippen molar-refractivity contribution in [2.45, 2.75) is 105 Å². The number of carbonyl (C=O) groups is 2. The largest absolute Gasteiger partial charge is 0.500 e. The minimum atomic E-state index is -2.81. The van der Waals surface area contributed by atoms with E-state index in [-0.39, 0.29) is 13.2 Å². The average Bonchev–Trinajstić information content (AvgIpc) is 3.11. The van der Waals surface area contributed by atoms with E-state index in [1.807, 2.05) is 129 Å². The van der Waals surface area contributed by atoms with Crippen molar-refractivity contribution in [2.75, 3.05) is 33.0 Å². The molecule has 1 unspecified atom stereocenters. The Labute approximate surface area is 326 Å². The van der Waals surface area contributed by atoms with Crippen molar-refractivity contribution in [3.8, 4) is 0 Å². The minimum absolute atomic E-state index is 0.158. The molecule has 1 atom stereocenters. The molecule has 298 valence electrons. The lowest BCUT2D eigenvalue weighted by Crippen LogP contribution is -2.46. The quantitative estimate of drug-likeness (QED) is 0.0810. The predicted octanol–water partition coefficient (Wildman–Crippen LogP) is 10.7. The molecule has 2 amide bonds. The molecule has 0 aliphatic heterocycles. The molecule has 0 saturated carbocycles. The summed E-state index contributed by atoms with van der Waals surface area (Å²) in [6.45, 7) is 27.6. The number of carbonyl (C=O) groups excluding carboxylic acids is 2. The summed E-state index contributed by atoms with van der Waals surface area (Å²) in [7, 11) is -2.81. The molecule has 0 radical (unpaired) electrons. The molecule has 10 heteroatoms. The van der Waals surface area contributed by atoms with Crippen molar-refractivity contribution in [1.29, 1.82) is 0 Å². The van der Waals surface area contributed by atoms with Crippen LogP contribution in [0.25, 0.3) is 11.1 Å². The smallest absolute Gasteiger partial charge is 0.445 e. The Morgan fingerprint density at radius 3 is 1.57 bits per heavy atom. The third kappa shape index (κ3) is 16.2. The van der Waals surface area contributed by atoms with E-state index in [1.54, 1.807) is 0 Å². The first-order valence-electron chi connectivity index (χ1n) is 19.2. The molecule has 2 aromatic rings. The molecule has 0 aliphatic carbocycles. The van der Waals surface area contributed by atoms with Gasteiger partial charge in [-0.3, -0.25) is 0 Å². The summed E-state index contributed by atoms with van der Waals surface area (Å²) in [5.41, 5.74) is 4.71. The van der Waals surface area contributed by atoms with Gasteiger partial charge in [-0.25, -0.2) is 9.59 Å². The molecule has 54 heavy (non-hydrogen) atoms. The number of amides is 2. The molecule has 0 saturated heterocycles. The van der Waals surface area contributed by atoms with Crippen LogP contribution in [0.3, 0.4) is 0 Å². The van der Waals surface area contributed by atoms with Gasteiger partial charge in [0.2, 0.25) is 0 Å². The van der Waals surface area contributed by atoms with Crippen molar-refractivity contribution in [2.24, 2.45) is 5.92 Å². The van der Waals surface area contributed by atoms with Gasteiger partial charge in [0.05, 0.1) is 11.1 Å². The molecule has 0 aliphatic rings. The van der Waals surface area contributed by atoms with Gasteiger partial charge >= 0.3 is 21.0 Å². The summed E-state index contributed by atoms with van der Waals surface area (Å²) in [4.78, 5) is 25.4. The maximum Gasteiger partial charge on any atom is 0.500 e. The second-order valence-electron chi connectivity index (χ2n) is 14.6. The zero-order valence-corrected chi connectivity index (χ0v) is 35.3. The maximum atomic E-state index is 12.7. The first kappa shape index (κ1) is 46.2. The van der Waals surface area contributed by atoms with E-state index in [4.69, 9.17) is 22.8 Å². The summed E-state index contributed by atoms with van der Waals surface area (Å²) < 4.78 is 29.3. The van der Waals surface area contributed by atoms with Crippen LogP contribution in [0.15, 0.2) is 86.0 Å². The van der Waals surface area contributed by atoms with Crippen LogP contribution in [0.4, 0.5) is 9.59 Å². The highest BCUT2D eigenvalue weighted by Crippen LogP contribution is 2.27. The van der Waals surface area contributed by atoms with E-state index < -0.39 is 32.1 Å². The van der Waals surface area contributed by atoms with E-state index in [2.05, 4.69) is 29.9 Å². The highest BCUT2D eigenvalue weighted by molar-refractivity contribution is 6.60. The first-order valence-corrected chi connectivity index (χ1v) is 21.2. The summed E-state index contributed by atoms with van der Waals surface area (Å²) in [6, 6.07) is 16.7. The highest BCUT2D eigenvalue weighted by atomic mass is 28.4. The van der Waals surface area contributed by atoms with Gasteiger partial charge in [0.15, 0.2) is 0 Å². The molecule has 9 nitrogen and oxygen atoms in total. The molecule has 2 N–H and O–H groups in total. The number of hydrogen-bond acceptors (Lipinski definition) is 7. The SMILES string of the molecule is C=C(C)c1cccc(C(C)(C)NC(=O)OC/C=C/CCC(C/C=C/COC(=O)NC(C)(C)c2cccc(C(=C)C)c2)CC[Si](OCC)(OCC)OCC)c1. The Kier molecular flexibility index (Phi) is 19.7. The number of allylic oxidation sites excluding steroid dienone is 4. The maximum absolute atomic E-state index is 12.7. The van der Waals surface area contributed by atoms with Gasteiger partial charge in [-0.05, 0) is 128 Å². The van der Waals surface area contributed by atoms with Crippen LogP contribution in [0.5, 0.6) is 0 Å². The zero-order valence-electron chi connectivity index (χ0n) is 34.3. The molecule has 2 rings (SSSR count). The number of rotatable bonds is 24. The predicted molar refractivity (Wildman–Crippen MR) is 223 cm³/mol. The lowest BCUT2D eigenvalue weighted by molar-refractivity contribution is 0.0694. The van der Waals surface area contributed by atoms with Crippen LogP contribution in [-0.4, -0.2) is 54.0 Å². The second-order valence-corrected chi connectivity index (χ2v) is 17.3. The Morgan fingerprint density at radius 1 is 0.704 bits per heavy atom. The van der Waals surface area contributed by atoms with Crippen molar-refractivity contribution < 1.29 is 32.3 Å². The number of benzene rings is 2. The standard InChI is InChI=1S/C44H66N2O7Si/c1-12-51-54(52-13-2,53-14-3)31-28-36(23-17-19-30-50-42(48)46-44(10,11)40-27-21-25-38(33-40)35(6)7)22-16-15-18-29-49-41(47)45-43(8,9)39-26-20-24-37(32-39)34(4)5/h15,17-21,24-27,32-33,36H,4,6,12-14,16,22-23,28-31H2,1-3,5,7-11H3,(H,45,47)(H,46,48)/b18-15+,19-17+. The number of hydrogen-bond donors (Lipinski definition) is 2. The summed E-state index contributed by atoms with van der Waals surface area (Å²) in [6.07, 6.45) is 10.3. The van der Waals surface area contributed by atoms with Gasteiger partial charge in [0.1, 0.15) is 13.2 Å². The van der Waals surface area contributed by atoms with Crippen LogP contribution >= 0.6 is 0 Å². The number of ether oxygens (including phenoxy) is 2. The van der Waals surface area contributed by atoms with Gasteiger partial charge in [0.25, 0.3) is 0 Å². The van der Waals surface area contributed by atoms with Gasteiger partial charge in [-0.2, -0.15) is 0 Å². The molecular weight excluding hydrogens is 697 g/mol. The van der Waals surface area contributed by atoms with Crippen molar-refractivity contribution in [3.05, 3.63) is 108 Å². The van der Waals surface area contributed by atoms with Gasteiger partial charge in [0, 0.05) is 25.9 Å². The molecule has 2 aromatic carbocycles. The fourth-order valence-electron chi connectivity index (χ4n) is 5.96. The van der Waals surface area contributed by atoms with Crippen LogP contribution in [0, 0.1) is 5.92 Å². The third-order valence-corrected chi connectivity index (χ3v) is 12.2. The summed E-state index contributed by atoms with van der Waals surface area (Å²) >= 11 is 0. The highest BCUT2D eigenvalue weighted by Gasteiger charge is 2.40. The Morgan fingerprint density at radius 2 is 1.15 bits per heavy atom. The van der Waals surface area contributed by atoms with Crippen molar-refractivity contribution >= 4 is 32.1 Å². The Balaban J connectivity index is 1.96. The van der Waals surface area contributed by atoms with Gasteiger partial charge < -0.3 is 33.4 Å². The van der Waals surface area contributed by atoms with E-state index in [0.29, 0.717) is 31.8 Å². The van der Waals surface area contributed by atoms with Crippen LogP contribution in [0.2, 0.25) is 6.04 Å². The fourth-order valence-corrected chi connectivity index (χ4v) is 8.72. The molecule has 0 heterocycles. The van der Waals surface area contributed by atoms with Gasteiger partial charge in [-0.1, -0.05) is 85.0 Å². The van der Waals surface area contributed by atoms with E-state index >= 15 is 0 Å². The lowest BCUT2D eigenvalue weighted by atomic mass is 9.92. The van der Waals surface area contributed by atoms with E-state index in [1.165, 1.54) is 0 Å². The average molecular weight is 763 g/mol. The van der Waals surface area contributed by atoms with Crippen LogP contribution < -0.4 is 10.6 Å². The molecular formula is C44H66N2O7Si. The molecule has 0 fully saturated rings. The van der Waals surface area contributed by atoms with E-state index in [0.717, 1.165) is 59.1 Å². The number of alkyl carbamates (subject to hydrolysis) is 2. The molecule has 0 aromatic heterocycles. The lowest BCUT2D eigenvalue weighted by Gasteiger charge is -2.29. The number of nitrogens with one attached hydrogen (secondary N) is 2. The topological polar surface area (TPSA) is 104 Å². The first-order chi connectivity index (χ1) is 25.6. The summed E-state index contributed by atoms with van der Waals surface area (Å²) in [5, 5.41) is 5.95.